The van der Waals surface area contributed by atoms with Crippen molar-refractivity contribution in [2.75, 3.05) is 13.1 Å². The highest BCUT2D eigenvalue weighted by molar-refractivity contribution is 5.81. The Morgan fingerprint density at radius 1 is 1.32 bits per heavy atom. The van der Waals surface area contributed by atoms with Gasteiger partial charge in [0, 0.05) is 31.6 Å². The topological polar surface area (TPSA) is 41.9 Å². The van der Waals surface area contributed by atoms with Crippen molar-refractivity contribution >= 4 is 10.9 Å². The molecule has 4 nitrogen and oxygen atoms in total. The summed E-state index contributed by atoms with van der Waals surface area (Å²) in [6.07, 6.45) is 1.18. The molecule has 0 aliphatic carbocycles. The van der Waals surface area contributed by atoms with Crippen LogP contribution in [-0.4, -0.2) is 28.9 Å². The maximum Gasteiger partial charge on any atom is 0.0841 e. The van der Waals surface area contributed by atoms with Crippen molar-refractivity contribution < 1.29 is 0 Å². The van der Waals surface area contributed by atoms with E-state index in [0.717, 1.165) is 25.3 Å². The molecule has 0 radical (unpaired) electrons. The Bertz CT molecular complexity index is 518. The highest BCUT2D eigenvalue weighted by Gasteiger charge is 2.08. The van der Waals surface area contributed by atoms with Gasteiger partial charge in [0.15, 0.2) is 0 Å². The fourth-order valence-corrected chi connectivity index (χ4v) is 2.26. The number of para-hydroxylation sites is 1. The van der Waals surface area contributed by atoms with Crippen LogP contribution in [0.15, 0.2) is 24.3 Å². The molecule has 2 aromatic rings. The van der Waals surface area contributed by atoms with Crippen molar-refractivity contribution in [1.82, 2.24) is 20.4 Å². The minimum absolute atomic E-state index is 0.451. The summed E-state index contributed by atoms with van der Waals surface area (Å²) in [6, 6.07) is 8.82. The van der Waals surface area contributed by atoms with Gasteiger partial charge in [-0.3, -0.25) is 4.68 Å². The van der Waals surface area contributed by atoms with Crippen molar-refractivity contribution in [2.24, 2.45) is 7.05 Å². The first kappa shape index (κ1) is 14.0. The Labute approximate surface area is 115 Å². The summed E-state index contributed by atoms with van der Waals surface area (Å²) >= 11 is 0. The average Bonchev–Trinajstić information content (AvgIpc) is 2.74. The second-order valence-corrected chi connectivity index (χ2v) is 5.07. The van der Waals surface area contributed by atoms with Gasteiger partial charge in [-0.15, -0.1) is 0 Å². The standard InChI is InChI=1S/C15H24N4/c1-4-9-16-10-12(2)17-11-14-13-7-5-6-8-15(13)19(3)18-14/h5-8,12,16-17H,4,9-11H2,1-3H3. The number of fused-ring (bicyclic) bond motifs is 1. The first-order valence-corrected chi connectivity index (χ1v) is 7.07. The minimum atomic E-state index is 0.451. The van der Waals surface area contributed by atoms with Crippen LogP contribution in [0, 0.1) is 0 Å². The molecule has 0 aliphatic rings. The van der Waals surface area contributed by atoms with E-state index in [1.807, 2.05) is 11.7 Å². The normalized spacial score (nSPS) is 13.0. The van der Waals surface area contributed by atoms with E-state index in [0.29, 0.717) is 6.04 Å². The lowest BCUT2D eigenvalue weighted by Gasteiger charge is -2.13. The maximum atomic E-state index is 4.59. The van der Waals surface area contributed by atoms with Crippen LogP contribution < -0.4 is 10.6 Å². The van der Waals surface area contributed by atoms with Gasteiger partial charge in [0.25, 0.3) is 0 Å². The molecule has 1 atom stereocenters. The Morgan fingerprint density at radius 2 is 2.11 bits per heavy atom. The lowest BCUT2D eigenvalue weighted by atomic mass is 10.2. The molecule has 0 fully saturated rings. The minimum Gasteiger partial charge on any atom is -0.315 e. The van der Waals surface area contributed by atoms with Gasteiger partial charge >= 0.3 is 0 Å². The summed E-state index contributed by atoms with van der Waals surface area (Å²) in [5.41, 5.74) is 2.32. The number of nitrogens with one attached hydrogen (secondary N) is 2. The third-order valence-corrected chi connectivity index (χ3v) is 3.33. The number of rotatable bonds is 7. The summed E-state index contributed by atoms with van der Waals surface area (Å²) in [6.45, 7) is 7.28. The number of hydrogen-bond acceptors (Lipinski definition) is 3. The third kappa shape index (κ3) is 3.55. The van der Waals surface area contributed by atoms with Crippen molar-refractivity contribution in [1.29, 1.82) is 0 Å². The van der Waals surface area contributed by atoms with Gasteiger partial charge in [0.1, 0.15) is 0 Å². The maximum absolute atomic E-state index is 4.59. The van der Waals surface area contributed by atoms with E-state index in [4.69, 9.17) is 0 Å². The second-order valence-electron chi connectivity index (χ2n) is 5.07. The molecule has 1 unspecified atom stereocenters. The van der Waals surface area contributed by atoms with E-state index in [1.165, 1.54) is 17.3 Å². The summed E-state index contributed by atoms with van der Waals surface area (Å²) in [5, 5.41) is 12.8. The van der Waals surface area contributed by atoms with Gasteiger partial charge in [-0.25, -0.2) is 0 Å². The molecular formula is C15H24N4. The first-order chi connectivity index (χ1) is 9.22. The molecule has 2 rings (SSSR count). The zero-order valence-electron chi connectivity index (χ0n) is 12.1. The molecule has 0 saturated carbocycles. The molecule has 19 heavy (non-hydrogen) atoms. The van der Waals surface area contributed by atoms with Crippen molar-refractivity contribution in [2.45, 2.75) is 32.9 Å². The molecular weight excluding hydrogens is 236 g/mol. The molecule has 104 valence electrons. The van der Waals surface area contributed by atoms with Crippen LogP contribution in [-0.2, 0) is 13.6 Å². The van der Waals surface area contributed by atoms with E-state index in [2.05, 4.69) is 53.8 Å². The molecule has 0 saturated heterocycles. The number of aryl methyl sites for hydroxylation is 1. The fraction of sp³-hybridized carbons (Fsp3) is 0.533. The van der Waals surface area contributed by atoms with Crippen LogP contribution >= 0.6 is 0 Å². The lowest BCUT2D eigenvalue weighted by Crippen LogP contribution is -2.36. The fourth-order valence-electron chi connectivity index (χ4n) is 2.26. The van der Waals surface area contributed by atoms with Crippen LogP contribution in [0.25, 0.3) is 10.9 Å². The van der Waals surface area contributed by atoms with Crippen LogP contribution in [0.4, 0.5) is 0 Å². The largest absolute Gasteiger partial charge is 0.315 e. The van der Waals surface area contributed by atoms with Gasteiger partial charge in [0.05, 0.1) is 11.2 Å². The summed E-state index contributed by atoms with van der Waals surface area (Å²) in [7, 11) is 2.00. The second kappa shape index (κ2) is 6.68. The Balaban J connectivity index is 1.94. The van der Waals surface area contributed by atoms with E-state index >= 15 is 0 Å². The SMILES string of the molecule is CCCNCC(C)NCc1nn(C)c2ccccc12. The Kier molecular flexibility index (Phi) is 4.93. The predicted octanol–water partition coefficient (Wildman–Crippen LogP) is 2.05. The lowest BCUT2D eigenvalue weighted by molar-refractivity contribution is 0.497. The van der Waals surface area contributed by atoms with Gasteiger partial charge in [-0.05, 0) is 26.0 Å². The quantitative estimate of drug-likeness (QED) is 0.749. The van der Waals surface area contributed by atoms with Crippen LogP contribution in [0.1, 0.15) is 26.0 Å². The highest BCUT2D eigenvalue weighted by atomic mass is 15.3. The van der Waals surface area contributed by atoms with Crippen LogP contribution in [0.3, 0.4) is 0 Å². The summed E-state index contributed by atoms with van der Waals surface area (Å²) in [5.74, 6) is 0. The molecule has 1 aromatic heterocycles. The van der Waals surface area contributed by atoms with Crippen molar-refractivity contribution in [3.63, 3.8) is 0 Å². The Morgan fingerprint density at radius 3 is 2.89 bits per heavy atom. The number of benzene rings is 1. The first-order valence-electron chi connectivity index (χ1n) is 7.07. The molecule has 0 spiro atoms. The highest BCUT2D eigenvalue weighted by Crippen LogP contribution is 2.17. The monoisotopic (exact) mass is 260 g/mol. The third-order valence-electron chi connectivity index (χ3n) is 3.33. The predicted molar refractivity (Wildman–Crippen MR) is 80.2 cm³/mol. The van der Waals surface area contributed by atoms with Crippen molar-refractivity contribution in [3.05, 3.63) is 30.0 Å². The molecule has 2 N–H and O–H groups in total. The summed E-state index contributed by atoms with van der Waals surface area (Å²) < 4.78 is 1.95. The zero-order chi connectivity index (χ0) is 13.7. The van der Waals surface area contributed by atoms with E-state index in [1.54, 1.807) is 0 Å². The summed E-state index contributed by atoms with van der Waals surface area (Å²) in [4.78, 5) is 0. The number of hydrogen-bond donors (Lipinski definition) is 2. The van der Waals surface area contributed by atoms with Crippen molar-refractivity contribution in [3.8, 4) is 0 Å². The van der Waals surface area contributed by atoms with Crippen LogP contribution in [0.5, 0.6) is 0 Å². The molecule has 0 amide bonds. The van der Waals surface area contributed by atoms with Gasteiger partial charge in [-0.2, -0.15) is 5.10 Å². The van der Waals surface area contributed by atoms with E-state index in [9.17, 15) is 0 Å². The molecule has 1 heterocycles. The Hall–Kier alpha value is -1.39. The van der Waals surface area contributed by atoms with E-state index < -0.39 is 0 Å². The zero-order valence-corrected chi connectivity index (χ0v) is 12.1. The smallest absolute Gasteiger partial charge is 0.0841 e. The number of nitrogens with zero attached hydrogens (tertiary/aromatic N) is 2. The van der Waals surface area contributed by atoms with E-state index in [-0.39, 0.29) is 0 Å². The molecule has 0 bridgehead atoms. The molecule has 0 aliphatic heterocycles. The number of aromatic nitrogens is 2. The average molecular weight is 260 g/mol. The van der Waals surface area contributed by atoms with Crippen LogP contribution in [0.2, 0.25) is 0 Å². The molecule has 1 aromatic carbocycles. The molecule has 4 heteroatoms. The van der Waals surface area contributed by atoms with Gasteiger partial charge in [-0.1, -0.05) is 25.1 Å². The van der Waals surface area contributed by atoms with Gasteiger partial charge in [0.2, 0.25) is 0 Å². The van der Waals surface area contributed by atoms with Gasteiger partial charge < -0.3 is 10.6 Å².